The van der Waals surface area contributed by atoms with E-state index in [2.05, 4.69) is 15.2 Å². The maximum atomic E-state index is 4.09. The maximum Gasteiger partial charge on any atom is 0.161 e. The fraction of sp³-hybridized carbons (Fsp3) is 0. The van der Waals surface area contributed by atoms with E-state index in [9.17, 15) is 0 Å². The van der Waals surface area contributed by atoms with Crippen molar-refractivity contribution in [1.29, 1.82) is 0 Å². The number of aromatic nitrogens is 4. The summed E-state index contributed by atoms with van der Waals surface area (Å²) in [6.45, 7) is 0. The van der Waals surface area contributed by atoms with E-state index in [-0.39, 0.29) is 0 Å². The molecule has 15 heavy (non-hydrogen) atoms. The van der Waals surface area contributed by atoms with E-state index in [1.165, 1.54) is 0 Å². The van der Waals surface area contributed by atoms with Crippen molar-refractivity contribution in [3.63, 3.8) is 0 Å². The van der Waals surface area contributed by atoms with E-state index in [1.54, 1.807) is 12.5 Å². The zero-order chi connectivity index (χ0) is 10.1. The summed E-state index contributed by atoms with van der Waals surface area (Å²) in [6, 6.07) is 7.95. The van der Waals surface area contributed by atoms with Crippen LogP contribution in [0.3, 0.4) is 0 Å². The molecule has 0 N–H and O–H groups in total. The van der Waals surface area contributed by atoms with Gasteiger partial charge in [-0.1, -0.05) is 6.07 Å². The number of pyridine rings is 2. The second-order valence-electron chi connectivity index (χ2n) is 3.25. The van der Waals surface area contributed by atoms with Crippen molar-refractivity contribution >= 4 is 5.65 Å². The van der Waals surface area contributed by atoms with Crippen LogP contribution in [0.2, 0.25) is 0 Å². The highest BCUT2D eigenvalue weighted by Gasteiger charge is 1.99. The van der Waals surface area contributed by atoms with Crippen molar-refractivity contribution in [3.05, 3.63) is 49.2 Å². The average molecular weight is 196 g/mol. The highest BCUT2D eigenvalue weighted by molar-refractivity contribution is 5.66. The van der Waals surface area contributed by atoms with E-state index < -0.39 is 0 Å². The number of hydrogen-bond acceptors (Lipinski definition) is 3. The molecule has 0 fully saturated rings. The molecular formula is C11H8N4. The first-order valence-electron chi connectivity index (χ1n) is 4.63. The number of nitrogens with zero attached hydrogens (tertiary/aromatic N) is 4. The molecule has 4 heteroatoms. The van der Waals surface area contributed by atoms with Gasteiger partial charge in [-0.05, 0) is 23.8 Å². The number of hydrogen-bond donors (Lipinski definition) is 0. The van der Waals surface area contributed by atoms with Gasteiger partial charge in [0.25, 0.3) is 0 Å². The predicted octanol–water partition coefficient (Wildman–Crippen LogP) is 1.79. The molecule has 4 nitrogen and oxygen atoms in total. The lowest BCUT2D eigenvalue weighted by Crippen LogP contribution is -1.84. The van der Waals surface area contributed by atoms with Crippen molar-refractivity contribution in [2.75, 3.05) is 0 Å². The summed E-state index contributed by atoms with van der Waals surface area (Å²) in [5, 5.41) is 7.83. The topological polar surface area (TPSA) is 43.1 Å². The summed E-state index contributed by atoms with van der Waals surface area (Å²) in [7, 11) is 0. The van der Waals surface area contributed by atoms with E-state index in [0.717, 1.165) is 16.8 Å². The second-order valence-corrected chi connectivity index (χ2v) is 3.25. The normalized spacial score (nSPS) is 10.7. The molecule has 0 bridgehead atoms. The zero-order valence-electron chi connectivity index (χ0n) is 7.91. The molecule has 0 aliphatic heterocycles. The Morgan fingerprint density at radius 3 is 3.00 bits per heavy atom. The monoisotopic (exact) mass is 196 g/mol. The minimum absolute atomic E-state index is 0.844. The molecule has 3 aromatic heterocycles. The zero-order valence-corrected chi connectivity index (χ0v) is 7.91. The molecule has 3 heterocycles. The van der Waals surface area contributed by atoms with E-state index in [0.29, 0.717) is 0 Å². The molecule has 0 atom stereocenters. The summed E-state index contributed by atoms with van der Waals surface area (Å²) >= 11 is 0. The lowest BCUT2D eigenvalue weighted by Gasteiger charge is -2.00. The summed E-state index contributed by atoms with van der Waals surface area (Å²) in [4.78, 5) is 4.09. The molecular weight excluding hydrogens is 188 g/mol. The van der Waals surface area contributed by atoms with Gasteiger partial charge in [0.05, 0.1) is 0 Å². The van der Waals surface area contributed by atoms with Gasteiger partial charge in [0, 0.05) is 24.2 Å². The van der Waals surface area contributed by atoms with Gasteiger partial charge >= 0.3 is 0 Å². The van der Waals surface area contributed by atoms with Crippen LogP contribution < -0.4 is 0 Å². The Labute approximate surface area is 86.2 Å². The molecule has 0 aliphatic rings. The average Bonchev–Trinajstić information content (AvgIpc) is 2.77. The highest BCUT2D eigenvalue weighted by Crippen LogP contribution is 2.18. The molecule has 3 rings (SSSR count). The van der Waals surface area contributed by atoms with Crippen LogP contribution in [0.1, 0.15) is 0 Å². The number of fused-ring (bicyclic) bond motifs is 1. The van der Waals surface area contributed by atoms with Crippen LogP contribution in [0.15, 0.2) is 49.2 Å². The molecule has 0 aliphatic carbocycles. The quantitative estimate of drug-likeness (QED) is 0.596. The summed E-state index contributed by atoms with van der Waals surface area (Å²) in [6.07, 6.45) is 7.22. The minimum atomic E-state index is 0.844. The lowest BCUT2D eigenvalue weighted by molar-refractivity contribution is 1.10. The standard InChI is InChI=1S/C11H8N4/c1-2-10(7-12-4-1)9-3-5-15-8-13-14-11(15)6-9/h1-8H. The van der Waals surface area contributed by atoms with Gasteiger partial charge in [-0.2, -0.15) is 0 Å². The largest absolute Gasteiger partial charge is 0.289 e. The smallest absolute Gasteiger partial charge is 0.161 e. The van der Waals surface area contributed by atoms with Crippen LogP contribution in [-0.2, 0) is 0 Å². The molecule has 3 aromatic rings. The molecule has 72 valence electrons. The first kappa shape index (κ1) is 8.11. The van der Waals surface area contributed by atoms with Gasteiger partial charge in [0.2, 0.25) is 0 Å². The second kappa shape index (κ2) is 3.16. The summed E-state index contributed by atoms with van der Waals surface area (Å²) < 4.78 is 1.87. The third kappa shape index (κ3) is 1.36. The van der Waals surface area contributed by atoms with Crippen molar-refractivity contribution in [2.24, 2.45) is 0 Å². The van der Waals surface area contributed by atoms with Crippen molar-refractivity contribution in [1.82, 2.24) is 19.6 Å². The van der Waals surface area contributed by atoms with Gasteiger partial charge in [0.15, 0.2) is 5.65 Å². The predicted molar refractivity (Wildman–Crippen MR) is 56.2 cm³/mol. The van der Waals surface area contributed by atoms with Crippen LogP contribution in [0, 0.1) is 0 Å². The van der Waals surface area contributed by atoms with Crippen LogP contribution in [0.25, 0.3) is 16.8 Å². The van der Waals surface area contributed by atoms with Crippen LogP contribution >= 0.6 is 0 Å². The Hall–Kier alpha value is -2.23. The Morgan fingerprint density at radius 2 is 2.13 bits per heavy atom. The first-order valence-corrected chi connectivity index (χ1v) is 4.63. The van der Waals surface area contributed by atoms with E-state index in [1.807, 2.05) is 41.1 Å². The Bertz CT molecular complexity index is 586. The van der Waals surface area contributed by atoms with Crippen LogP contribution in [0.4, 0.5) is 0 Å². The van der Waals surface area contributed by atoms with E-state index >= 15 is 0 Å². The SMILES string of the molecule is c1cncc(-c2ccn3cnnc3c2)c1. The molecule has 0 amide bonds. The van der Waals surface area contributed by atoms with Gasteiger partial charge < -0.3 is 0 Å². The molecule has 0 saturated carbocycles. The van der Waals surface area contributed by atoms with Gasteiger partial charge in [0.1, 0.15) is 6.33 Å². The van der Waals surface area contributed by atoms with Crippen molar-refractivity contribution < 1.29 is 0 Å². The fourth-order valence-corrected chi connectivity index (χ4v) is 1.53. The molecule has 0 aromatic carbocycles. The number of rotatable bonds is 1. The maximum absolute atomic E-state index is 4.09. The van der Waals surface area contributed by atoms with Crippen molar-refractivity contribution in [2.45, 2.75) is 0 Å². The third-order valence-corrected chi connectivity index (χ3v) is 2.29. The molecule has 0 spiro atoms. The lowest BCUT2D eigenvalue weighted by atomic mass is 10.1. The Kier molecular flexibility index (Phi) is 1.71. The Balaban J connectivity index is 2.19. The van der Waals surface area contributed by atoms with Gasteiger partial charge in [-0.15, -0.1) is 10.2 Å². The molecule has 0 radical (unpaired) electrons. The minimum Gasteiger partial charge on any atom is -0.289 e. The first-order chi connectivity index (χ1) is 7.43. The van der Waals surface area contributed by atoms with Crippen LogP contribution in [-0.4, -0.2) is 19.6 Å². The highest BCUT2D eigenvalue weighted by atomic mass is 15.2. The van der Waals surface area contributed by atoms with Gasteiger partial charge in [-0.25, -0.2) is 0 Å². The summed E-state index contributed by atoms with van der Waals surface area (Å²) in [5.74, 6) is 0. The fourth-order valence-electron chi connectivity index (χ4n) is 1.53. The molecule has 0 saturated heterocycles. The third-order valence-electron chi connectivity index (χ3n) is 2.29. The van der Waals surface area contributed by atoms with Crippen LogP contribution in [0.5, 0.6) is 0 Å². The Morgan fingerprint density at radius 1 is 1.13 bits per heavy atom. The van der Waals surface area contributed by atoms with Crippen molar-refractivity contribution in [3.8, 4) is 11.1 Å². The van der Waals surface area contributed by atoms with Gasteiger partial charge in [-0.3, -0.25) is 9.38 Å². The van der Waals surface area contributed by atoms with E-state index in [4.69, 9.17) is 0 Å². The summed E-state index contributed by atoms with van der Waals surface area (Å²) in [5.41, 5.74) is 3.03. The molecule has 0 unspecified atom stereocenters.